The SMILES string of the molecule is OCCC#Cc1ccsc1COc1ccc(F)c(Cl)c1. The molecular formula is C15H12ClFO2S. The smallest absolute Gasteiger partial charge is 0.142 e. The van der Waals surface area contributed by atoms with Crippen LogP contribution in [0.15, 0.2) is 29.6 Å². The zero-order valence-electron chi connectivity index (χ0n) is 10.5. The fourth-order valence-electron chi connectivity index (χ4n) is 1.49. The molecule has 2 aromatic rings. The number of benzene rings is 1. The van der Waals surface area contributed by atoms with E-state index in [0.717, 1.165) is 10.4 Å². The highest BCUT2D eigenvalue weighted by Gasteiger charge is 2.05. The van der Waals surface area contributed by atoms with Gasteiger partial charge in [0.05, 0.1) is 16.5 Å². The van der Waals surface area contributed by atoms with Crippen molar-refractivity contribution < 1.29 is 14.2 Å². The van der Waals surface area contributed by atoms with Crippen LogP contribution >= 0.6 is 22.9 Å². The highest BCUT2D eigenvalue weighted by Crippen LogP contribution is 2.23. The summed E-state index contributed by atoms with van der Waals surface area (Å²) in [6, 6.07) is 6.16. The van der Waals surface area contributed by atoms with Crippen LogP contribution in [0.4, 0.5) is 4.39 Å². The minimum atomic E-state index is -0.467. The minimum Gasteiger partial charge on any atom is -0.488 e. The number of ether oxygens (including phenoxy) is 1. The second kappa shape index (κ2) is 7.30. The van der Waals surface area contributed by atoms with E-state index in [4.69, 9.17) is 21.4 Å². The topological polar surface area (TPSA) is 29.5 Å². The van der Waals surface area contributed by atoms with Crippen molar-refractivity contribution in [2.24, 2.45) is 0 Å². The minimum absolute atomic E-state index is 0.0386. The molecule has 0 atom stereocenters. The number of rotatable bonds is 4. The second-order valence-electron chi connectivity index (χ2n) is 3.90. The highest BCUT2D eigenvalue weighted by molar-refractivity contribution is 7.10. The van der Waals surface area contributed by atoms with Gasteiger partial charge in [0.15, 0.2) is 0 Å². The van der Waals surface area contributed by atoms with Crippen molar-refractivity contribution in [3.05, 3.63) is 50.9 Å². The van der Waals surface area contributed by atoms with Gasteiger partial charge < -0.3 is 9.84 Å². The molecule has 0 saturated heterocycles. The number of hydrogen-bond acceptors (Lipinski definition) is 3. The molecule has 0 saturated carbocycles. The van der Waals surface area contributed by atoms with Crippen LogP contribution in [-0.2, 0) is 6.61 Å². The third kappa shape index (κ3) is 3.97. The van der Waals surface area contributed by atoms with Crippen LogP contribution in [0.3, 0.4) is 0 Å². The Balaban J connectivity index is 2.02. The lowest BCUT2D eigenvalue weighted by molar-refractivity contribution is 0.305. The molecule has 0 radical (unpaired) electrons. The first-order chi connectivity index (χ1) is 9.70. The summed E-state index contributed by atoms with van der Waals surface area (Å²) >= 11 is 7.23. The maximum atomic E-state index is 13.0. The predicted octanol–water partition coefficient (Wildman–Crippen LogP) is 3.85. The Morgan fingerprint density at radius 3 is 2.95 bits per heavy atom. The Bertz CT molecular complexity index is 643. The second-order valence-corrected chi connectivity index (χ2v) is 5.31. The number of halogens is 2. The zero-order valence-corrected chi connectivity index (χ0v) is 12.1. The van der Waals surface area contributed by atoms with Crippen molar-refractivity contribution in [2.75, 3.05) is 6.61 Å². The molecule has 1 heterocycles. The summed E-state index contributed by atoms with van der Waals surface area (Å²) < 4.78 is 18.6. The van der Waals surface area contributed by atoms with E-state index in [1.165, 1.54) is 29.5 Å². The van der Waals surface area contributed by atoms with E-state index < -0.39 is 5.82 Å². The van der Waals surface area contributed by atoms with Gasteiger partial charge in [-0.3, -0.25) is 0 Å². The van der Waals surface area contributed by atoms with Crippen molar-refractivity contribution >= 4 is 22.9 Å². The normalized spacial score (nSPS) is 9.95. The molecule has 0 fully saturated rings. The average Bonchev–Trinajstić information content (AvgIpc) is 2.88. The largest absolute Gasteiger partial charge is 0.488 e. The molecule has 0 aliphatic heterocycles. The summed E-state index contributed by atoms with van der Waals surface area (Å²) in [5.41, 5.74) is 0.886. The van der Waals surface area contributed by atoms with Crippen LogP contribution in [0.2, 0.25) is 5.02 Å². The van der Waals surface area contributed by atoms with Gasteiger partial charge in [0.2, 0.25) is 0 Å². The summed E-state index contributed by atoms with van der Waals surface area (Å²) in [4.78, 5) is 0.982. The Kier molecular flexibility index (Phi) is 5.42. The highest BCUT2D eigenvalue weighted by atomic mass is 35.5. The van der Waals surface area contributed by atoms with Gasteiger partial charge >= 0.3 is 0 Å². The van der Waals surface area contributed by atoms with Crippen molar-refractivity contribution in [1.29, 1.82) is 0 Å². The molecule has 2 rings (SSSR count). The van der Waals surface area contributed by atoms with Gasteiger partial charge in [-0.2, -0.15) is 0 Å². The third-order valence-electron chi connectivity index (χ3n) is 2.47. The summed E-state index contributed by atoms with van der Waals surface area (Å²) in [5, 5.41) is 10.7. The molecular weight excluding hydrogens is 299 g/mol. The molecule has 1 aromatic carbocycles. The predicted molar refractivity (Wildman–Crippen MR) is 78.6 cm³/mol. The number of aliphatic hydroxyl groups is 1. The Hall–Kier alpha value is -1.54. The van der Waals surface area contributed by atoms with Gasteiger partial charge in [-0.1, -0.05) is 23.4 Å². The van der Waals surface area contributed by atoms with E-state index in [2.05, 4.69) is 11.8 Å². The molecule has 104 valence electrons. The summed E-state index contributed by atoms with van der Waals surface area (Å²) in [6.07, 6.45) is 0.448. The van der Waals surface area contributed by atoms with Gasteiger partial charge in [0.1, 0.15) is 18.2 Å². The van der Waals surface area contributed by atoms with E-state index in [0.29, 0.717) is 18.8 Å². The molecule has 1 N–H and O–H groups in total. The summed E-state index contributed by atoms with van der Waals surface area (Å²) in [5.74, 6) is 5.90. The Labute approximate surface area is 125 Å². The molecule has 0 amide bonds. The van der Waals surface area contributed by atoms with Crippen LogP contribution < -0.4 is 4.74 Å². The van der Waals surface area contributed by atoms with Gasteiger partial charge in [-0.15, -0.1) is 11.3 Å². The van der Waals surface area contributed by atoms with E-state index >= 15 is 0 Å². The molecule has 0 unspecified atom stereocenters. The van der Waals surface area contributed by atoms with Crippen LogP contribution in [0, 0.1) is 17.7 Å². The van der Waals surface area contributed by atoms with Gasteiger partial charge in [0, 0.05) is 18.1 Å². The van der Waals surface area contributed by atoms with Crippen LogP contribution in [0.1, 0.15) is 16.9 Å². The van der Waals surface area contributed by atoms with E-state index in [9.17, 15) is 4.39 Å². The molecule has 1 aromatic heterocycles. The Morgan fingerprint density at radius 2 is 2.20 bits per heavy atom. The van der Waals surface area contributed by atoms with Gasteiger partial charge in [-0.25, -0.2) is 4.39 Å². The first kappa shape index (κ1) is 14.9. The molecule has 0 aliphatic rings. The molecule has 2 nitrogen and oxygen atoms in total. The van der Waals surface area contributed by atoms with E-state index in [1.54, 1.807) is 0 Å². The maximum absolute atomic E-state index is 13.0. The number of aliphatic hydroxyl groups excluding tert-OH is 1. The summed E-state index contributed by atoms with van der Waals surface area (Å²) in [7, 11) is 0. The monoisotopic (exact) mass is 310 g/mol. The zero-order chi connectivity index (χ0) is 14.4. The van der Waals surface area contributed by atoms with Crippen LogP contribution in [0.5, 0.6) is 5.75 Å². The first-order valence-electron chi connectivity index (χ1n) is 5.94. The van der Waals surface area contributed by atoms with E-state index in [-0.39, 0.29) is 11.6 Å². The molecule has 5 heteroatoms. The van der Waals surface area contributed by atoms with Crippen molar-refractivity contribution in [2.45, 2.75) is 13.0 Å². The lowest BCUT2D eigenvalue weighted by Crippen LogP contribution is -1.95. The summed E-state index contributed by atoms with van der Waals surface area (Å²) in [6.45, 7) is 0.403. The molecule has 0 bridgehead atoms. The van der Waals surface area contributed by atoms with Crippen LogP contribution in [0.25, 0.3) is 0 Å². The molecule has 0 spiro atoms. The quantitative estimate of drug-likeness (QED) is 0.869. The number of thiophene rings is 1. The fourth-order valence-corrected chi connectivity index (χ4v) is 2.40. The van der Waals surface area contributed by atoms with Crippen molar-refractivity contribution in [3.63, 3.8) is 0 Å². The lowest BCUT2D eigenvalue weighted by Gasteiger charge is -2.06. The third-order valence-corrected chi connectivity index (χ3v) is 3.65. The van der Waals surface area contributed by atoms with Gasteiger partial charge in [0.25, 0.3) is 0 Å². The number of hydrogen-bond donors (Lipinski definition) is 1. The lowest BCUT2D eigenvalue weighted by atomic mass is 10.2. The van der Waals surface area contributed by atoms with Gasteiger partial charge in [-0.05, 0) is 23.6 Å². The van der Waals surface area contributed by atoms with Crippen molar-refractivity contribution in [1.82, 2.24) is 0 Å². The maximum Gasteiger partial charge on any atom is 0.142 e. The standard InChI is InChI=1S/C15H12ClFO2S/c16-13-9-12(4-5-14(13)17)19-10-15-11(6-8-20-15)3-1-2-7-18/h4-6,8-9,18H,2,7,10H2. The Morgan fingerprint density at radius 1 is 1.35 bits per heavy atom. The fraction of sp³-hybridized carbons (Fsp3) is 0.200. The van der Waals surface area contributed by atoms with Crippen LogP contribution in [-0.4, -0.2) is 11.7 Å². The van der Waals surface area contributed by atoms with Crippen molar-refractivity contribution in [3.8, 4) is 17.6 Å². The first-order valence-corrected chi connectivity index (χ1v) is 7.20. The molecule has 20 heavy (non-hydrogen) atoms. The van der Waals surface area contributed by atoms with E-state index in [1.807, 2.05) is 11.4 Å². The average molecular weight is 311 g/mol. The molecule has 0 aliphatic carbocycles.